The zero-order valence-corrected chi connectivity index (χ0v) is 11.5. The lowest BCUT2D eigenvalue weighted by molar-refractivity contribution is 0.566. The minimum atomic E-state index is -0.740. The van der Waals surface area contributed by atoms with Gasteiger partial charge in [0.05, 0.1) is 6.04 Å². The fourth-order valence-corrected chi connectivity index (χ4v) is 2.29. The molecule has 0 aliphatic heterocycles. The second-order valence-corrected chi connectivity index (χ2v) is 5.13. The highest BCUT2D eigenvalue weighted by atomic mass is 79.9. The molecule has 1 nitrogen and oxygen atoms in total. The van der Waals surface area contributed by atoms with Gasteiger partial charge < -0.3 is 5.73 Å². The molecule has 0 radical (unpaired) electrons. The summed E-state index contributed by atoms with van der Waals surface area (Å²) in [7, 11) is 0. The minimum Gasteiger partial charge on any atom is -0.320 e. The van der Waals surface area contributed by atoms with Crippen molar-refractivity contribution in [1.82, 2.24) is 0 Å². The molecule has 1 unspecified atom stereocenters. The van der Waals surface area contributed by atoms with Crippen LogP contribution < -0.4 is 5.73 Å². The van der Waals surface area contributed by atoms with Gasteiger partial charge in [-0.3, -0.25) is 0 Å². The first-order valence-corrected chi connectivity index (χ1v) is 6.31. The maximum absolute atomic E-state index is 13.6. The molecule has 2 N–H and O–H groups in total. The van der Waals surface area contributed by atoms with Crippen LogP contribution in [0.2, 0.25) is 5.02 Å². The molecular formula is C13H9BrClF2N. The first-order chi connectivity index (χ1) is 8.49. The number of rotatable bonds is 2. The van der Waals surface area contributed by atoms with Crippen LogP contribution in [0.1, 0.15) is 17.2 Å². The van der Waals surface area contributed by atoms with Gasteiger partial charge in [0, 0.05) is 21.1 Å². The van der Waals surface area contributed by atoms with E-state index in [1.54, 1.807) is 18.2 Å². The van der Waals surface area contributed by atoms with Gasteiger partial charge in [0.25, 0.3) is 0 Å². The highest BCUT2D eigenvalue weighted by Gasteiger charge is 2.17. The molecule has 0 heterocycles. The van der Waals surface area contributed by atoms with Crippen molar-refractivity contribution < 1.29 is 8.78 Å². The van der Waals surface area contributed by atoms with E-state index in [1.165, 1.54) is 12.1 Å². The lowest BCUT2D eigenvalue weighted by atomic mass is 9.99. The van der Waals surface area contributed by atoms with E-state index in [4.69, 9.17) is 17.3 Å². The number of nitrogens with two attached hydrogens (primary N) is 1. The van der Waals surface area contributed by atoms with Crippen molar-refractivity contribution in [3.63, 3.8) is 0 Å². The van der Waals surface area contributed by atoms with Crippen molar-refractivity contribution >= 4 is 27.5 Å². The molecule has 1 atom stereocenters. The summed E-state index contributed by atoms with van der Waals surface area (Å²) in [6.45, 7) is 0. The smallest absolute Gasteiger partial charge is 0.131 e. The van der Waals surface area contributed by atoms with Crippen LogP contribution in [0.15, 0.2) is 40.9 Å². The van der Waals surface area contributed by atoms with Gasteiger partial charge in [-0.1, -0.05) is 33.6 Å². The molecule has 94 valence electrons. The van der Waals surface area contributed by atoms with Crippen molar-refractivity contribution in [3.8, 4) is 0 Å². The molecular weight excluding hydrogens is 324 g/mol. The molecule has 0 saturated heterocycles. The van der Waals surface area contributed by atoms with Crippen LogP contribution in [-0.2, 0) is 0 Å². The van der Waals surface area contributed by atoms with E-state index < -0.39 is 17.7 Å². The largest absolute Gasteiger partial charge is 0.320 e. The van der Waals surface area contributed by atoms with Gasteiger partial charge in [-0.15, -0.1) is 0 Å². The Kier molecular flexibility index (Phi) is 4.00. The second-order valence-electron chi connectivity index (χ2n) is 3.81. The molecule has 2 rings (SSSR count). The van der Waals surface area contributed by atoms with E-state index in [0.717, 1.165) is 10.5 Å². The third kappa shape index (κ3) is 2.71. The van der Waals surface area contributed by atoms with Crippen LogP contribution in [0.5, 0.6) is 0 Å². The molecule has 0 fully saturated rings. The van der Waals surface area contributed by atoms with Crippen LogP contribution >= 0.6 is 27.5 Å². The van der Waals surface area contributed by atoms with E-state index in [1.807, 2.05) is 0 Å². The normalized spacial score (nSPS) is 12.5. The van der Waals surface area contributed by atoms with Crippen LogP contribution in [0.25, 0.3) is 0 Å². The SMILES string of the molecule is NC(c1ccc(F)cc1F)c1cc(Br)ccc1Cl. The third-order valence-electron chi connectivity index (χ3n) is 2.59. The van der Waals surface area contributed by atoms with Crippen molar-refractivity contribution in [2.45, 2.75) is 6.04 Å². The molecule has 0 saturated carbocycles. The molecule has 0 amide bonds. The van der Waals surface area contributed by atoms with E-state index in [0.29, 0.717) is 10.6 Å². The van der Waals surface area contributed by atoms with Crippen LogP contribution in [-0.4, -0.2) is 0 Å². The highest BCUT2D eigenvalue weighted by molar-refractivity contribution is 9.10. The van der Waals surface area contributed by atoms with Crippen LogP contribution in [0, 0.1) is 11.6 Å². The second kappa shape index (κ2) is 5.34. The zero-order valence-electron chi connectivity index (χ0n) is 9.13. The summed E-state index contributed by atoms with van der Waals surface area (Å²) in [4.78, 5) is 0. The minimum absolute atomic E-state index is 0.205. The van der Waals surface area contributed by atoms with Gasteiger partial charge in [-0.05, 0) is 29.8 Å². The molecule has 18 heavy (non-hydrogen) atoms. The quantitative estimate of drug-likeness (QED) is 0.865. The summed E-state index contributed by atoms with van der Waals surface area (Å²) in [5.41, 5.74) is 6.75. The molecule has 0 aromatic heterocycles. The monoisotopic (exact) mass is 331 g/mol. The molecule has 0 spiro atoms. The Morgan fingerprint density at radius 2 is 1.78 bits per heavy atom. The number of hydrogen-bond acceptors (Lipinski definition) is 1. The Labute approximate surface area is 117 Å². The van der Waals surface area contributed by atoms with Gasteiger partial charge in [0.2, 0.25) is 0 Å². The van der Waals surface area contributed by atoms with E-state index in [9.17, 15) is 8.78 Å². The molecule has 2 aromatic carbocycles. The molecule has 0 aliphatic carbocycles. The molecule has 0 aliphatic rings. The van der Waals surface area contributed by atoms with Crippen molar-refractivity contribution in [2.75, 3.05) is 0 Å². The van der Waals surface area contributed by atoms with E-state index >= 15 is 0 Å². The maximum atomic E-state index is 13.6. The zero-order chi connectivity index (χ0) is 13.3. The molecule has 5 heteroatoms. The number of benzene rings is 2. The Hall–Kier alpha value is -0.970. The van der Waals surface area contributed by atoms with Gasteiger partial charge in [-0.25, -0.2) is 8.78 Å². The Balaban J connectivity index is 2.47. The summed E-state index contributed by atoms with van der Waals surface area (Å²) in [5, 5.41) is 0.439. The topological polar surface area (TPSA) is 26.0 Å². The summed E-state index contributed by atoms with van der Waals surface area (Å²) < 4.78 is 27.3. The number of hydrogen-bond donors (Lipinski definition) is 1. The molecule has 2 aromatic rings. The lowest BCUT2D eigenvalue weighted by Gasteiger charge is -2.15. The van der Waals surface area contributed by atoms with Crippen molar-refractivity contribution in [3.05, 3.63) is 68.7 Å². The predicted octanol–water partition coefficient (Wildman–Crippen LogP) is 4.43. The van der Waals surface area contributed by atoms with Gasteiger partial charge in [0.1, 0.15) is 11.6 Å². The molecule has 0 bridgehead atoms. The van der Waals surface area contributed by atoms with Crippen LogP contribution in [0.4, 0.5) is 8.78 Å². The summed E-state index contributed by atoms with van der Waals surface area (Å²) >= 11 is 9.33. The van der Waals surface area contributed by atoms with E-state index in [2.05, 4.69) is 15.9 Å². The Bertz CT molecular complexity index is 589. The fourth-order valence-electron chi connectivity index (χ4n) is 1.67. The average Bonchev–Trinajstić information content (AvgIpc) is 2.31. The summed E-state index contributed by atoms with van der Waals surface area (Å²) in [6.07, 6.45) is 0. The lowest BCUT2D eigenvalue weighted by Crippen LogP contribution is -2.14. The first-order valence-electron chi connectivity index (χ1n) is 5.14. The average molecular weight is 333 g/mol. The number of halogens is 4. The maximum Gasteiger partial charge on any atom is 0.131 e. The first kappa shape index (κ1) is 13.5. The summed E-state index contributed by atoms with van der Waals surface area (Å²) in [6, 6.07) is 7.71. The van der Waals surface area contributed by atoms with Crippen molar-refractivity contribution in [1.29, 1.82) is 0 Å². The Morgan fingerprint density at radius 3 is 2.44 bits per heavy atom. The Morgan fingerprint density at radius 1 is 1.06 bits per heavy atom. The summed E-state index contributed by atoms with van der Waals surface area (Å²) in [5.74, 6) is -1.32. The van der Waals surface area contributed by atoms with E-state index in [-0.39, 0.29) is 5.56 Å². The highest BCUT2D eigenvalue weighted by Crippen LogP contribution is 2.30. The third-order valence-corrected chi connectivity index (χ3v) is 3.43. The standard InChI is InChI=1S/C13H9BrClF2N/c14-7-1-4-11(15)10(5-7)13(18)9-3-2-8(16)6-12(9)17/h1-6,13H,18H2. The van der Waals surface area contributed by atoms with Gasteiger partial charge in [-0.2, -0.15) is 0 Å². The van der Waals surface area contributed by atoms with Gasteiger partial charge in [0.15, 0.2) is 0 Å². The van der Waals surface area contributed by atoms with Crippen LogP contribution in [0.3, 0.4) is 0 Å². The fraction of sp³-hybridized carbons (Fsp3) is 0.0769. The van der Waals surface area contributed by atoms with Gasteiger partial charge >= 0.3 is 0 Å². The predicted molar refractivity (Wildman–Crippen MR) is 71.5 cm³/mol. The van der Waals surface area contributed by atoms with Crippen molar-refractivity contribution in [2.24, 2.45) is 5.73 Å².